The van der Waals surface area contributed by atoms with E-state index in [1.165, 1.54) is 45.2 Å². The van der Waals surface area contributed by atoms with Crippen LogP contribution in [0.5, 0.6) is 0 Å². The maximum Gasteiger partial charge on any atom is 0.0645 e. The molecule has 90 valence electrons. The number of rotatable bonds is 4. The van der Waals surface area contributed by atoms with Gasteiger partial charge < -0.3 is 9.64 Å². The van der Waals surface area contributed by atoms with Crippen LogP contribution in [0.25, 0.3) is 0 Å². The molecule has 0 aromatic carbocycles. The lowest BCUT2D eigenvalue weighted by atomic mass is 9.84. The topological polar surface area (TPSA) is 36.3 Å². The Morgan fingerprint density at radius 3 is 2.94 bits per heavy atom. The van der Waals surface area contributed by atoms with Crippen molar-refractivity contribution in [1.29, 1.82) is 5.26 Å². The Labute approximate surface area is 98.4 Å². The molecule has 0 aromatic rings. The zero-order valence-electron chi connectivity index (χ0n) is 10.0. The summed E-state index contributed by atoms with van der Waals surface area (Å²) < 4.78 is 5.61. The Bertz CT molecular complexity index is 247. The van der Waals surface area contributed by atoms with Crippen molar-refractivity contribution >= 4 is 0 Å². The number of nitrogens with zero attached hydrogens (tertiary/aromatic N) is 2. The number of nitriles is 1. The van der Waals surface area contributed by atoms with E-state index in [0.717, 1.165) is 12.6 Å². The molecular formula is C13H22N2O. The molecule has 2 heterocycles. The summed E-state index contributed by atoms with van der Waals surface area (Å²) in [4.78, 5) is 2.66. The number of ether oxygens (including phenoxy) is 1. The van der Waals surface area contributed by atoms with Crippen molar-refractivity contribution in [2.75, 3.05) is 26.3 Å². The van der Waals surface area contributed by atoms with Gasteiger partial charge in [0.2, 0.25) is 0 Å². The van der Waals surface area contributed by atoms with E-state index in [0.29, 0.717) is 18.9 Å². The maximum absolute atomic E-state index is 8.45. The molecule has 2 aliphatic heterocycles. The quantitative estimate of drug-likeness (QED) is 0.684. The molecule has 0 N–H and O–H groups in total. The average molecular weight is 222 g/mol. The number of hydrogen-bond acceptors (Lipinski definition) is 3. The van der Waals surface area contributed by atoms with E-state index in [1.54, 1.807) is 0 Å². The maximum atomic E-state index is 8.45. The summed E-state index contributed by atoms with van der Waals surface area (Å²) in [6, 6.07) is 2.89. The van der Waals surface area contributed by atoms with Crippen molar-refractivity contribution in [2.24, 2.45) is 5.92 Å². The molecule has 0 aliphatic carbocycles. The first kappa shape index (κ1) is 11.9. The third-order valence-corrected chi connectivity index (χ3v) is 3.92. The first-order valence-electron chi connectivity index (χ1n) is 6.60. The molecule has 2 fully saturated rings. The summed E-state index contributed by atoms with van der Waals surface area (Å²) in [6.07, 6.45) is 7.28. The highest BCUT2D eigenvalue weighted by Crippen LogP contribution is 2.30. The zero-order valence-corrected chi connectivity index (χ0v) is 10.0. The van der Waals surface area contributed by atoms with Gasteiger partial charge in [0, 0.05) is 6.04 Å². The van der Waals surface area contributed by atoms with Gasteiger partial charge in [-0.15, -0.1) is 0 Å². The van der Waals surface area contributed by atoms with E-state index in [1.807, 2.05) is 0 Å². The molecule has 2 rings (SSSR count). The van der Waals surface area contributed by atoms with Gasteiger partial charge in [0.05, 0.1) is 25.7 Å². The van der Waals surface area contributed by atoms with Crippen molar-refractivity contribution < 1.29 is 4.74 Å². The summed E-state index contributed by atoms with van der Waals surface area (Å²) >= 11 is 0. The first-order chi connectivity index (χ1) is 7.92. The third-order valence-electron chi connectivity index (χ3n) is 3.92. The van der Waals surface area contributed by atoms with Crippen LogP contribution in [-0.4, -0.2) is 37.2 Å². The molecule has 0 aromatic heterocycles. The van der Waals surface area contributed by atoms with Crippen molar-refractivity contribution in [1.82, 2.24) is 4.90 Å². The molecule has 16 heavy (non-hydrogen) atoms. The summed E-state index contributed by atoms with van der Waals surface area (Å²) in [5.74, 6) is 0.716. The third kappa shape index (κ3) is 2.96. The summed E-state index contributed by atoms with van der Waals surface area (Å²) in [7, 11) is 0. The van der Waals surface area contributed by atoms with Gasteiger partial charge in [-0.25, -0.2) is 0 Å². The van der Waals surface area contributed by atoms with E-state index in [4.69, 9.17) is 10.00 Å². The second-order valence-electron chi connectivity index (χ2n) is 4.98. The van der Waals surface area contributed by atoms with Crippen LogP contribution in [0.3, 0.4) is 0 Å². The summed E-state index contributed by atoms with van der Waals surface area (Å²) in [5, 5.41) is 8.45. The normalized spacial score (nSPS) is 30.7. The Morgan fingerprint density at radius 2 is 2.06 bits per heavy atom. The lowest BCUT2D eigenvalue weighted by Crippen LogP contribution is -2.49. The minimum atomic E-state index is 0.529. The Kier molecular flexibility index (Phi) is 4.62. The summed E-state index contributed by atoms with van der Waals surface area (Å²) in [5.41, 5.74) is 0. The van der Waals surface area contributed by atoms with Crippen LogP contribution in [0.15, 0.2) is 0 Å². The SMILES string of the molecule is N#CCCOC[C@@H]1CCCN2CCCC[C@H]12. The molecule has 0 bridgehead atoms. The van der Waals surface area contributed by atoms with Crippen molar-refractivity contribution in [3.63, 3.8) is 0 Å². The number of hydrogen-bond donors (Lipinski definition) is 0. The van der Waals surface area contributed by atoms with E-state index in [2.05, 4.69) is 11.0 Å². The van der Waals surface area contributed by atoms with E-state index in [9.17, 15) is 0 Å². The standard InChI is InChI=1S/C13H22N2O/c14-7-4-10-16-11-12-5-3-9-15-8-2-1-6-13(12)15/h12-13H,1-6,8-11H2/t12-,13+/m0/s1. The Balaban J connectivity index is 1.76. The molecular weight excluding hydrogens is 200 g/mol. The van der Waals surface area contributed by atoms with Crippen LogP contribution < -0.4 is 0 Å². The minimum Gasteiger partial charge on any atom is -0.380 e. The van der Waals surface area contributed by atoms with Crippen LogP contribution in [0.2, 0.25) is 0 Å². The lowest BCUT2D eigenvalue weighted by molar-refractivity contribution is 0.00533. The van der Waals surface area contributed by atoms with Gasteiger partial charge >= 0.3 is 0 Å². The van der Waals surface area contributed by atoms with Gasteiger partial charge in [-0.05, 0) is 44.7 Å². The van der Waals surface area contributed by atoms with Crippen molar-refractivity contribution in [3.05, 3.63) is 0 Å². The second-order valence-corrected chi connectivity index (χ2v) is 4.98. The fourth-order valence-corrected chi connectivity index (χ4v) is 3.12. The molecule has 0 amide bonds. The minimum absolute atomic E-state index is 0.529. The van der Waals surface area contributed by atoms with Crippen molar-refractivity contribution in [3.8, 4) is 6.07 Å². The predicted molar refractivity (Wildman–Crippen MR) is 63.0 cm³/mol. The van der Waals surface area contributed by atoms with E-state index in [-0.39, 0.29) is 0 Å². The highest BCUT2D eigenvalue weighted by molar-refractivity contribution is 4.87. The van der Waals surface area contributed by atoms with Gasteiger partial charge in [0.25, 0.3) is 0 Å². The molecule has 3 nitrogen and oxygen atoms in total. The van der Waals surface area contributed by atoms with Gasteiger partial charge in [-0.2, -0.15) is 5.26 Å². The smallest absolute Gasteiger partial charge is 0.0645 e. The highest BCUT2D eigenvalue weighted by atomic mass is 16.5. The number of fused-ring (bicyclic) bond motifs is 1. The fourth-order valence-electron chi connectivity index (χ4n) is 3.12. The molecule has 3 heteroatoms. The van der Waals surface area contributed by atoms with Crippen LogP contribution >= 0.6 is 0 Å². The molecule has 0 unspecified atom stereocenters. The Morgan fingerprint density at radius 1 is 1.19 bits per heavy atom. The van der Waals surface area contributed by atoms with E-state index >= 15 is 0 Å². The predicted octanol–water partition coefficient (Wildman–Crippen LogP) is 2.18. The van der Waals surface area contributed by atoms with Crippen molar-refractivity contribution in [2.45, 2.75) is 44.6 Å². The molecule has 0 saturated carbocycles. The highest BCUT2D eigenvalue weighted by Gasteiger charge is 2.32. The lowest BCUT2D eigenvalue weighted by Gasteiger charge is -2.44. The van der Waals surface area contributed by atoms with Crippen LogP contribution in [-0.2, 0) is 4.74 Å². The van der Waals surface area contributed by atoms with Gasteiger partial charge in [0.15, 0.2) is 0 Å². The fraction of sp³-hybridized carbons (Fsp3) is 0.923. The average Bonchev–Trinajstić information content (AvgIpc) is 2.35. The second kappa shape index (κ2) is 6.22. The first-order valence-corrected chi connectivity index (χ1v) is 6.60. The molecule has 2 saturated heterocycles. The summed E-state index contributed by atoms with van der Waals surface area (Å²) in [6.45, 7) is 4.06. The molecule has 2 aliphatic rings. The number of piperidine rings is 2. The largest absolute Gasteiger partial charge is 0.380 e. The van der Waals surface area contributed by atoms with Crippen LogP contribution in [0.1, 0.15) is 38.5 Å². The van der Waals surface area contributed by atoms with Gasteiger partial charge in [-0.3, -0.25) is 0 Å². The molecule has 0 spiro atoms. The van der Waals surface area contributed by atoms with Crippen LogP contribution in [0.4, 0.5) is 0 Å². The van der Waals surface area contributed by atoms with E-state index < -0.39 is 0 Å². The van der Waals surface area contributed by atoms with Gasteiger partial charge in [-0.1, -0.05) is 6.42 Å². The molecule has 2 atom stereocenters. The van der Waals surface area contributed by atoms with Crippen LogP contribution in [0, 0.1) is 17.2 Å². The molecule has 0 radical (unpaired) electrons. The van der Waals surface area contributed by atoms with Gasteiger partial charge in [0.1, 0.15) is 0 Å². The monoisotopic (exact) mass is 222 g/mol. The zero-order chi connectivity index (χ0) is 11.2. The Hall–Kier alpha value is -0.590.